The molecule has 0 saturated heterocycles. The van der Waals surface area contributed by atoms with Crippen molar-refractivity contribution < 1.29 is 0 Å². The highest BCUT2D eigenvalue weighted by Gasteiger charge is 2.07. The van der Waals surface area contributed by atoms with E-state index in [4.69, 9.17) is 22.7 Å². The smallest absolute Gasteiger partial charge is 0.122 e. The van der Waals surface area contributed by atoms with Gasteiger partial charge in [-0.25, -0.2) is 0 Å². The molecule has 0 unspecified atom stereocenters. The van der Waals surface area contributed by atoms with Gasteiger partial charge in [-0.05, 0) is 52.3 Å². The molecule has 1 aromatic rings. The van der Waals surface area contributed by atoms with E-state index in [2.05, 4.69) is 30.9 Å². The highest BCUT2D eigenvalue weighted by Crippen LogP contribution is 2.19. The van der Waals surface area contributed by atoms with Gasteiger partial charge >= 0.3 is 0 Å². The van der Waals surface area contributed by atoms with Crippen molar-refractivity contribution in [3.8, 4) is 0 Å². The van der Waals surface area contributed by atoms with E-state index in [1.807, 2.05) is 12.1 Å². The number of nitrogens with two attached hydrogens (primary N) is 1. The topological polar surface area (TPSA) is 56.4 Å². The average Bonchev–Trinajstić information content (AvgIpc) is 2.31. The lowest BCUT2D eigenvalue weighted by molar-refractivity contribution is 0.294. The first kappa shape index (κ1) is 16.0. The molecule has 0 radical (unpaired) electrons. The van der Waals surface area contributed by atoms with Gasteiger partial charge in [0.05, 0.1) is 0 Å². The quantitative estimate of drug-likeness (QED) is 0.594. The number of nitrogen functional groups attached to an aromatic ring is 1. The first-order valence-corrected chi connectivity index (χ1v) is 6.74. The molecule has 106 valence electrons. The minimum absolute atomic E-state index is 0.0489. The SMILES string of the molecule is CN(C)CCCN(C)Cc1ccc(C(=N)N)cc1Cl. The molecule has 1 rings (SSSR count). The lowest BCUT2D eigenvalue weighted by Crippen LogP contribution is -2.23. The van der Waals surface area contributed by atoms with Gasteiger partial charge in [-0.15, -0.1) is 0 Å². The van der Waals surface area contributed by atoms with Gasteiger partial charge in [0.15, 0.2) is 0 Å². The lowest BCUT2D eigenvalue weighted by atomic mass is 10.1. The number of halogens is 1. The van der Waals surface area contributed by atoms with Crippen molar-refractivity contribution in [1.29, 1.82) is 5.41 Å². The molecule has 0 aliphatic rings. The van der Waals surface area contributed by atoms with Gasteiger partial charge in [0, 0.05) is 17.1 Å². The van der Waals surface area contributed by atoms with Crippen LogP contribution in [0.25, 0.3) is 0 Å². The summed E-state index contributed by atoms with van der Waals surface area (Å²) in [6, 6.07) is 5.55. The molecule has 1 aromatic carbocycles. The van der Waals surface area contributed by atoms with E-state index in [1.165, 1.54) is 0 Å². The molecule has 0 heterocycles. The molecule has 0 aliphatic heterocycles. The van der Waals surface area contributed by atoms with Crippen LogP contribution < -0.4 is 5.73 Å². The maximum Gasteiger partial charge on any atom is 0.122 e. The molecule has 3 N–H and O–H groups in total. The normalized spacial score (nSPS) is 11.3. The number of hydrogen-bond acceptors (Lipinski definition) is 3. The van der Waals surface area contributed by atoms with E-state index in [-0.39, 0.29) is 5.84 Å². The summed E-state index contributed by atoms with van der Waals surface area (Å²) in [5.41, 5.74) is 7.18. The molecule has 0 fully saturated rings. The van der Waals surface area contributed by atoms with E-state index < -0.39 is 0 Å². The molecular weight excluding hydrogens is 260 g/mol. The van der Waals surface area contributed by atoms with Crippen LogP contribution in [0.15, 0.2) is 18.2 Å². The van der Waals surface area contributed by atoms with Gasteiger partial charge in [-0.2, -0.15) is 0 Å². The maximum absolute atomic E-state index is 7.38. The largest absolute Gasteiger partial charge is 0.384 e. The Hall–Kier alpha value is -1.10. The number of hydrogen-bond donors (Lipinski definition) is 2. The Morgan fingerprint density at radius 3 is 2.47 bits per heavy atom. The second kappa shape index (κ2) is 7.48. The van der Waals surface area contributed by atoms with Crippen molar-refractivity contribution in [3.63, 3.8) is 0 Å². The Labute approximate surface area is 120 Å². The van der Waals surface area contributed by atoms with Crippen LogP contribution in [0, 0.1) is 5.41 Å². The molecule has 0 spiro atoms. The molecule has 4 nitrogen and oxygen atoms in total. The zero-order chi connectivity index (χ0) is 14.4. The van der Waals surface area contributed by atoms with E-state index in [0.29, 0.717) is 10.6 Å². The zero-order valence-electron chi connectivity index (χ0n) is 11.9. The number of rotatable bonds is 7. The summed E-state index contributed by atoms with van der Waals surface area (Å²) in [6.45, 7) is 2.93. The van der Waals surface area contributed by atoms with E-state index in [1.54, 1.807) is 6.07 Å². The molecular formula is C14H23ClN4. The molecule has 0 atom stereocenters. The van der Waals surface area contributed by atoms with E-state index in [9.17, 15) is 0 Å². The third-order valence-corrected chi connectivity index (χ3v) is 3.30. The minimum Gasteiger partial charge on any atom is -0.384 e. The van der Waals surface area contributed by atoms with Crippen molar-refractivity contribution >= 4 is 17.4 Å². The van der Waals surface area contributed by atoms with Crippen LogP contribution in [0.3, 0.4) is 0 Å². The predicted octanol–water partition coefficient (Wildman–Crippen LogP) is 2.01. The monoisotopic (exact) mass is 282 g/mol. The third-order valence-electron chi connectivity index (χ3n) is 2.95. The van der Waals surface area contributed by atoms with Gasteiger partial charge in [0.1, 0.15) is 5.84 Å². The molecule has 0 aromatic heterocycles. The third kappa shape index (κ3) is 5.59. The van der Waals surface area contributed by atoms with Crippen molar-refractivity contribution in [3.05, 3.63) is 34.3 Å². The van der Waals surface area contributed by atoms with Gasteiger partial charge in [-0.3, -0.25) is 5.41 Å². The summed E-state index contributed by atoms with van der Waals surface area (Å²) in [4.78, 5) is 4.43. The summed E-state index contributed by atoms with van der Waals surface area (Å²) < 4.78 is 0. The zero-order valence-corrected chi connectivity index (χ0v) is 12.7. The van der Waals surface area contributed by atoms with Gasteiger partial charge < -0.3 is 15.5 Å². The number of nitrogens with zero attached hydrogens (tertiary/aromatic N) is 2. The fourth-order valence-electron chi connectivity index (χ4n) is 1.87. The van der Waals surface area contributed by atoms with Crippen LogP contribution in [0.4, 0.5) is 0 Å². The summed E-state index contributed by atoms with van der Waals surface area (Å²) in [5.74, 6) is 0.0489. The van der Waals surface area contributed by atoms with E-state index in [0.717, 1.165) is 31.6 Å². The number of benzene rings is 1. The van der Waals surface area contributed by atoms with Crippen LogP contribution in [0.5, 0.6) is 0 Å². The summed E-state index contributed by atoms with van der Waals surface area (Å²) in [5, 5.41) is 8.05. The number of amidine groups is 1. The summed E-state index contributed by atoms with van der Waals surface area (Å²) in [6.07, 6.45) is 1.13. The second-order valence-electron chi connectivity index (χ2n) is 5.11. The molecule has 0 saturated carbocycles. The van der Waals surface area contributed by atoms with Crippen LogP contribution >= 0.6 is 11.6 Å². The predicted molar refractivity (Wildman–Crippen MR) is 82.0 cm³/mol. The summed E-state index contributed by atoms with van der Waals surface area (Å²) >= 11 is 6.21. The Morgan fingerprint density at radius 2 is 1.95 bits per heavy atom. The van der Waals surface area contributed by atoms with Gasteiger partial charge in [0.2, 0.25) is 0 Å². The molecule has 0 bridgehead atoms. The Balaban J connectivity index is 2.54. The van der Waals surface area contributed by atoms with Crippen LogP contribution in [-0.4, -0.2) is 49.9 Å². The Bertz CT molecular complexity index is 431. The molecule has 0 aliphatic carbocycles. The Kier molecular flexibility index (Phi) is 6.28. The standard InChI is InChI=1S/C14H23ClN4/c1-18(2)7-4-8-19(3)10-12-6-5-11(14(16)17)9-13(12)15/h5-6,9H,4,7-8,10H2,1-3H3,(H3,16,17). The van der Waals surface area contributed by atoms with Crippen molar-refractivity contribution in [2.45, 2.75) is 13.0 Å². The first-order chi connectivity index (χ1) is 8.90. The highest BCUT2D eigenvalue weighted by atomic mass is 35.5. The highest BCUT2D eigenvalue weighted by molar-refractivity contribution is 6.31. The molecule has 0 amide bonds. The minimum atomic E-state index is 0.0489. The Morgan fingerprint density at radius 1 is 1.26 bits per heavy atom. The van der Waals surface area contributed by atoms with Crippen molar-refractivity contribution in [1.82, 2.24) is 9.80 Å². The van der Waals surface area contributed by atoms with Crippen molar-refractivity contribution in [2.24, 2.45) is 5.73 Å². The first-order valence-electron chi connectivity index (χ1n) is 6.36. The lowest BCUT2D eigenvalue weighted by Gasteiger charge is -2.19. The average molecular weight is 283 g/mol. The molecule has 19 heavy (non-hydrogen) atoms. The maximum atomic E-state index is 7.38. The number of nitrogens with one attached hydrogen (secondary N) is 1. The van der Waals surface area contributed by atoms with Crippen molar-refractivity contribution in [2.75, 3.05) is 34.2 Å². The van der Waals surface area contributed by atoms with Gasteiger partial charge in [-0.1, -0.05) is 23.7 Å². The van der Waals surface area contributed by atoms with Crippen LogP contribution in [0.1, 0.15) is 17.5 Å². The van der Waals surface area contributed by atoms with E-state index >= 15 is 0 Å². The second-order valence-corrected chi connectivity index (χ2v) is 5.52. The fourth-order valence-corrected chi connectivity index (χ4v) is 2.11. The van der Waals surface area contributed by atoms with Gasteiger partial charge in [0.25, 0.3) is 0 Å². The molecule has 5 heteroatoms. The van der Waals surface area contributed by atoms with Crippen LogP contribution in [0.2, 0.25) is 5.02 Å². The summed E-state index contributed by atoms with van der Waals surface area (Å²) in [7, 11) is 6.25. The fraction of sp³-hybridized carbons (Fsp3) is 0.500. The van der Waals surface area contributed by atoms with Crippen LogP contribution in [-0.2, 0) is 6.54 Å².